The minimum atomic E-state index is -3.93. The van der Waals surface area contributed by atoms with E-state index in [-0.39, 0.29) is 10.8 Å². The van der Waals surface area contributed by atoms with Gasteiger partial charge in [-0.2, -0.15) is 8.42 Å². The number of likely N-dealkylation sites (N-methyl/N-ethyl adjacent to an activating group) is 1. The van der Waals surface area contributed by atoms with E-state index in [1.807, 2.05) is 24.9 Å². The number of halogens is 1. The van der Waals surface area contributed by atoms with Crippen molar-refractivity contribution in [3.63, 3.8) is 0 Å². The molecule has 3 aromatic heterocycles. The first kappa shape index (κ1) is 20.4. The highest BCUT2D eigenvalue weighted by Crippen LogP contribution is 2.40. The van der Waals surface area contributed by atoms with Gasteiger partial charge in [-0.05, 0) is 55.2 Å². The molecule has 1 aliphatic rings. The van der Waals surface area contributed by atoms with Gasteiger partial charge in [0.05, 0.1) is 11.1 Å². The molecule has 0 amide bonds. The molecule has 9 heteroatoms. The van der Waals surface area contributed by atoms with Crippen LogP contribution < -0.4 is 9.62 Å². The average molecular weight is 452 g/mol. The Balaban J connectivity index is 1.67. The highest BCUT2D eigenvalue weighted by molar-refractivity contribution is 7.92. The second-order valence-electron chi connectivity index (χ2n) is 8.15. The Bertz CT molecular complexity index is 1460. The molecule has 164 valence electrons. The van der Waals surface area contributed by atoms with Crippen LogP contribution in [0.4, 0.5) is 15.8 Å². The number of aromatic amines is 1. The molecule has 0 unspecified atom stereocenters. The lowest BCUT2D eigenvalue weighted by Crippen LogP contribution is -2.15. The Morgan fingerprint density at radius 1 is 1.16 bits per heavy atom. The summed E-state index contributed by atoms with van der Waals surface area (Å²) >= 11 is 0. The van der Waals surface area contributed by atoms with E-state index in [9.17, 15) is 12.8 Å². The molecule has 5 rings (SSSR count). The van der Waals surface area contributed by atoms with Crippen molar-refractivity contribution in [3.05, 3.63) is 65.4 Å². The third-order valence-corrected chi connectivity index (χ3v) is 7.14. The summed E-state index contributed by atoms with van der Waals surface area (Å²) in [7, 11) is -2.00. The van der Waals surface area contributed by atoms with Crippen molar-refractivity contribution in [1.29, 1.82) is 0 Å². The van der Waals surface area contributed by atoms with Crippen LogP contribution in [-0.4, -0.2) is 37.0 Å². The summed E-state index contributed by atoms with van der Waals surface area (Å²) < 4.78 is 43.6. The molecule has 1 aromatic carbocycles. The highest BCUT2D eigenvalue weighted by Gasteiger charge is 2.24. The van der Waals surface area contributed by atoms with E-state index in [2.05, 4.69) is 19.7 Å². The van der Waals surface area contributed by atoms with Crippen LogP contribution in [0.15, 0.2) is 47.9 Å². The Hall–Kier alpha value is -3.46. The molecular formula is C23H22FN5O2S. The zero-order chi connectivity index (χ0) is 22.6. The molecule has 32 heavy (non-hydrogen) atoms. The monoisotopic (exact) mass is 451 g/mol. The number of nitrogens with zero attached hydrogens (tertiary/aromatic N) is 3. The molecule has 0 saturated heterocycles. The summed E-state index contributed by atoms with van der Waals surface area (Å²) in [5.41, 5.74) is 5.29. The van der Waals surface area contributed by atoms with Crippen LogP contribution in [0.1, 0.15) is 16.7 Å². The summed E-state index contributed by atoms with van der Waals surface area (Å²) in [6.07, 6.45) is 5.51. The van der Waals surface area contributed by atoms with Crippen LogP contribution in [0.2, 0.25) is 0 Å². The van der Waals surface area contributed by atoms with Crippen molar-refractivity contribution in [2.24, 2.45) is 0 Å². The van der Waals surface area contributed by atoms with E-state index in [1.54, 1.807) is 25.4 Å². The third kappa shape index (κ3) is 3.29. The van der Waals surface area contributed by atoms with Gasteiger partial charge in [0, 0.05) is 49.0 Å². The van der Waals surface area contributed by atoms with Crippen LogP contribution in [0, 0.1) is 19.7 Å². The quantitative estimate of drug-likeness (QED) is 0.486. The van der Waals surface area contributed by atoms with Crippen LogP contribution in [-0.2, 0) is 16.4 Å². The number of anilines is 2. The van der Waals surface area contributed by atoms with Crippen molar-refractivity contribution in [1.82, 2.24) is 15.0 Å². The maximum absolute atomic E-state index is 14.8. The maximum Gasteiger partial charge on any atom is 0.279 e. The first-order valence-corrected chi connectivity index (χ1v) is 11.7. The van der Waals surface area contributed by atoms with Gasteiger partial charge in [0.1, 0.15) is 11.5 Å². The van der Waals surface area contributed by atoms with Crippen LogP contribution in [0.25, 0.3) is 22.2 Å². The number of H-pyrrole nitrogens is 1. The highest BCUT2D eigenvalue weighted by atomic mass is 32.2. The van der Waals surface area contributed by atoms with Crippen LogP contribution >= 0.6 is 0 Å². The summed E-state index contributed by atoms with van der Waals surface area (Å²) in [5, 5.41) is 0.510. The van der Waals surface area contributed by atoms with Crippen molar-refractivity contribution >= 4 is 32.4 Å². The molecule has 4 aromatic rings. The number of pyridine rings is 2. The molecule has 2 N–H and O–H groups in total. The normalized spacial score (nSPS) is 13.6. The topological polar surface area (TPSA) is 91.0 Å². The molecule has 7 nitrogen and oxygen atoms in total. The molecule has 0 aliphatic carbocycles. The predicted molar refractivity (Wildman–Crippen MR) is 123 cm³/mol. The molecule has 0 saturated carbocycles. The molecule has 0 atom stereocenters. The van der Waals surface area contributed by atoms with Gasteiger partial charge in [-0.25, -0.2) is 14.4 Å². The lowest BCUT2D eigenvalue weighted by molar-refractivity contribution is 0.597. The molecule has 4 heterocycles. The smallest absolute Gasteiger partial charge is 0.279 e. The SMILES string of the molecule is Cc1ccc(S(=O)(=O)Nc2c(C)cnc3[nH]cc(-c4cc(F)c5c(c4)N(C)CC5)c23)nc1. The fraction of sp³-hybridized carbons (Fsp3) is 0.217. The standard InChI is InChI=1S/C23H22FN5O2S/c1-13-4-5-20(25-10-13)32(30,31)28-22-14(2)11-26-23-21(22)17(12-27-23)15-8-18(24)16-6-7-29(3)19(16)9-15/h4-5,8-12H,6-7H2,1-3H3,(H2,26,27,28). The number of rotatable bonds is 4. The number of nitrogens with one attached hydrogen (secondary N) is 2. The van der Waals surface area contributed by atoms with E-state index in [0.717, 1.165) is 17.8 Å². The first-order valence-electron chi connectivity index (χ1n) is 10.2. The minimum absolute atomic E-state index is 0.0743. The zero-order valence-corrected chi connectivity index (χ0v) is 18.7. The molecule has 0 bridgehead atoms. The van der Waals surface area contributed by atoms with E-state index in [1.165, 1.54) is 18.3 Å². The second kappa shape index (κ2) is 7.30. The third-order valence-electron chi connectivity index (χ3n) is 5.88. The van der Waals surface area contributed by atoms with Crippen molar-refractivity contribution in [2.75, 3.05) is 23.2 Å². The number of aryl methyl sites for hydroxylation is 2. The van der Waals surface area contributed by atoms with Gasteiger partial charge in [-0.15, -0.1) is 0 Å². The number of fused-ring (bicyclic) bond motifs is 2. The fourth-order valence-corrected chi connectivity index (χ4v) is 5.19. The number of aromatic nitrogens is 3. The molecule has 0 spiro atoms. The van der Waals surface area contributed by atoms with Crippen LogP contribution in [0.3, 0.4) is 0 Å². The Morgan fingerprint density at radius 2 is 1.97 bits per heavy atom. The Labute approximate surface area is 185 Å². The Morgan fingerprint density at radius 3 is 2.72 bits per heavy atom. The predicted octanol–water partition coefficient (Wildman–Crippen LogP) is 4.17. The minimum Gasteiger partial charge on any atom is -0.374 e. The van der Waals surface area contributed by atoms with Crippen molar-refractivity contribution < 1.29 is 12.8 Å². The summed E-state index contributed by atoms with van der Waals surface area (Å²) in [6, 6.07) is 6.61. The summed E-state index contributed by atoms with van der Waals surface area (Å²) in [6.45, 7) is 4.38. The second-order valence-corrected chi connectivity index (χ2v) is 9.78. The van der Waals surface area contributed by atoms with Crippen molar-refractivity contribution in [3.8, 4) is 11.1 Å². The summed E-state index contributed by atoms with van der Waals surface area (Å²) in [4.78, 5) is 13.6. The van der Waals surface area contributed by atoms with Crippen molar-refractivity contribution in [2.45, 2.75) is 25.3 Å². The summed E-state index contributed by atoms with van der Waals surface area (Å²) in [5.74, 6) is -0.261. The van der Waals surface area contributed by atoms with E-state index in [4.69, 9.17) is 0 Å². The van der Waals surface area contributed by atoms with Gasteiger partial charge in [0.2, 0.25) is 0 Å². The molecular weight excluding hydrogens is 429 g/mol. The van der Waals surface area contributed by atoms with E-state index >= 15 is 0 Å². The number of sulfonamides is 1. The average Bonchev–Trinajstić information content (AvgIpc) is 3.35. The maximum atomic E-state index is 14.8. The van der Waals surface area contributed by atoms with Gasteiger partial charge < -0.3 is 9.88 Å². The molecule has 1 aliphatic heterocycles. The molecule has 0 radical (unpaired) electrons. The van der Waals surface area contributed by atoms with Gasteiger partial charge in [0.15, 0.2) is 5.03 Å². The van der Waals surface area contributed by atoms with Crippen LogP contribution in [0.5, 0.6) is 0 Å². The largest absolute Gasteiger partial charge is 0.374 e. The lowest BCUT2D eigenvalue weighted by Gasteiger charge is -2.15. The number of benzene rings is 1. The number of hydrogen-bond acceptors (Lipinski definition) is 5. The van der Waals surface area contributed by atoms with E-state index < -0.39 is 10.0 Å². The first-order chi connectivity index (χ1) is 15.2. The zero-order valence-electron chi connectivity index (χ0n) is 17.9. The molecule has 0 fully saturated rings. The van der Waals surface area contributed by atoms with Gasteiger partial charge in [0.25, 0.3) is 10.0 Å². The number of hydrogen-bond donors (Lipinski definition) is 2. The van der Waals surface area contributed by atoms with Gasteiger partial charge in [-0.3, -0.25) is 4.72 Å². The van der Waals surface area contributed by atoms with E-state index in [0.29, 0.717) is 45.4 Å². The Kier molecular flexibility index (Phi) is 4.67. The fourth-order valence-electron chi connectivity index (χ4n) is 4.12. The van der Waals surface area contributed by atoms with Gasteiger partial charge in [-0.1, -0.05) is 6.07 Å². The lowest BCUT2D eigenvalue weighted by atomic mass is 10.0. The van der Waals surface area contributed by atoms with Gasteiger partial charge >= 0.3 is 0 Å².